The SMILES string of the molecule is COc1ccc(Br)c(CNc2ccc3c(c2)OCO3)c1OCc1ccc(Cl)cc1Cl. The van der Waals surface area contributed by atoms with E-state index in [0.717, 1.165) is 32.8 Å². The molecule has 0 amide bonds. The third-order valence-corrected chi connectivity index (χ3v) is 5.95. The molecule has 3 aromatic carbocycles. The Hall–Kier alpha value is -2.28. The summed E-state index contributed by atoms with van der Waals surface area (Å²) < 4.78 is 23.4. The lowest BCUT2D eigenvalue weighted by Gasteiger charge is -2.18. The van der Waals surface area contributed by atoms with Crippen LogP contribution in [0.2, 0.25) is 10.0 Å². The minimum Gasteiger partial charge on any atom is -0.493 e. The Morgan fingerprint density at radius 1 is 1.03 bits per heavy atom. The zero-order valence-corrected chi connectivity index (χ0v) is 19.1. The van der Waals surface area contributed by atoms with Crippen molar-refractivity contribution in [1.82, 2.24) is 0 Å². The number of rotatable bonds is 7. The average Bonchev–Trinajstić information content (AvgIpc) is 3.20. The van der Waals surface area contributed by atoms with E-state index in [4.69, 9.17) is 42.1 Å². The number of anilines is 1. The van der Waals surface area contributed by atoms with Gasteiger partial charge in [0.05, 0.1) is 7.11 Å². The fraction of sp³-hybridized carbons (Fsp3) is 0.182. The first-order valence-electron chi connectivity index (χ1n) is 9.11. The van der Waals surface area contributed by atoms with Crippen molar-refractivity contribution in [3.05, 3.63) is 74.2 Å². The van der Waals surface area contributed by atoms with Gasteiger partial charge in [-0.15, -0.1) is 0 Å². The number of benzene rings is 3. The van der Waals surface area contributed by atoms with Crippen LogP contribution in [0.3, 0.4) is 0 Å². The summed E-state index contributed by atoms with van der Waals surface area (Å²) in [6, 6.07) is 14.8. The van der Waals surface area contributed by atoms with Crippen molar-refractivity contribution in [1.29, 1.82) is 0 Å². The molecule has 0 fully saturated rings. The van der Waals surface area contributed by atoms with Crippen molar-refractivity contribution in [3.63, 3.8) is 0 Å². The molecule has 5 nitrogen and oxygen atoms in total. The lowest BCUT2D eigenvalue weighted by Crippen LogP contribution is -2.06. The Balaban J connectivity index is 1.56. The van der Waals surface area contributed by atoms with Gasteiger partial charge in [0.1, 0.15) is 6.61 Å². The van der Waals surface area contributed by atoms with Crippen LogP contribution in [-0.2, 0) is 13.2 Å². The molecule has 4 rings (SSSR count). The molecule has 1 aliphatic heterocycles. The Morgan fingerprint density at radius 3 is 2.67 bits per heavy atom. The molecular formula is C22H18BrCl2NO4. The molecule has 0 spiro atoms. The van der Waals surface area contributed by atoms with Gasteiger partial charge in [-0.1, -0.05) is 45.2 Å². The monoisotopic (exact) mass is 509 g/mol. The zero-order chi connectivity index (χ0) is 21.1. The molecule has 3 aromatic rings. The van der Waals surface area contributed by atoms with Gasteiger partial charge in [-0.05, 0) is 36.4 Å². The quantitative estimate of drug-likeness (QED) is 0.384. The molecule has 0 atom stereocenters. The molecular weight excluding hydrogens is 493 g/mol. The van der Waals surface area contributed by atoms with Gasteiger partial charge in [0.15, 0.2) is 23.0 Å². The lowest BCUT2D eigenvalue weighted by molar-refractivity contribution is 0.174. The third kappa shape index (κ3) is 4.56. The van der Waals surface area contributed by atoms with Crippen molar-refractivity contribution in [2.45, 2.75) is 13.2 Å². The van der Waals surface area contributed by atoms with E-state index >= 15 is 0 Å². The van der Waals surface area contributed by atoms with E-state index in [1.165, 1.54) is 0 Å². The van der Waals surface area contributed by atoms with Gasteiger partial charge in [-0.2, -0.15) is 0 Å². The molecule has 0 aliphatic carbocycles. The summed E-state index contributed by atoms with van der Waals surface area (Å²) in [4.78, 5) is 0. The maximum absolute atomic E-state index is 6.29. The summed E-state index contributed by atoms with van der Waals surface area (Å²) in [6.45, 7) is 1.02. The van der Waals surface area contributed by atoms with E-state index in [0.29, 0.717) is 28.1 Å². The Labute approximate surface area is 192 Å². The molecule has 0 unspecified atom stereocenters. The number of hydrogen-bond acceptors (Lipinski definition) is 5. The molecule has 1 heterocycles. The van der Waals surface area contributed by atoms with Crippen molar-refractivity contribution < 1.29 is 18.9 Å². The average molecular weight is 511 g/mol. The third-order valence-electron chi connectivity index (χ3n) is 4.62. The smallest absolute Gasteiger partial charge is 0.231 e. The Morgan fingerprint density at radius 2 is 1.87 bits per heavy atom. The van der Waals surface area contributed by atoms with Crippen molar-refractivity contribution in [2.24, 2.45) is 0 Å². The Kier molecular flexibility index (Phi) is 6.46. The summed E-state index contributed by atoms with van der Waals surface area (Å²) in [6.07, 6.45) is 0. The van der Waals surface area contributed by atoms with Gasteiger partial charge in [-0.3, -0.25) is 0 Å². The van der Waals surface area contributed by atoms with Gasteiger partial charge in [0, 0.05) is 43.9 Å². The van der Waals surface area contributed by atoms with Crippen LogP contribution in [0.25, 0.3) is 0 Å². The van der Waals surface area contributed by atoms with Crippen LogP contribution in [0.4, 0.5) is 5.69 Å². The normalized spacial score (nSPS) is 12.0. The van der Waals surface area contributed by atoms with E-state index < -0.39 is 0 Å². The highest BCUT2D eigenvalue weighted by Crippen LogP contribution is 2.39. The fourth-order valence-electron chi connectivity index (χ4n) is 3.05. The fourth-order valence-corrected chi connectivity index (χ4v) is 3.97. The second-order valence-electron chi connectivity index (χ2n) is 6.50. The number of halogens is 3. The first-order chi connectivity index (χ1) is 14.5. The van der Waals surface area contributed by atoms with Crippen LogP contribution in [0.5, 0.6) is 23.0 Å². The topological polar surface area (TPSA) is 49.0 Å². The molecule has 0 saturated carbocycles. The van der Waals surface area contributed by atoms with E-state index in [1.807, 2.05) is 36.4 Å². The van der Waals surface area contributed by atoms with Gasteiger partial charge in [-0.25, -0.2) is 0 Å². The van der Waals surface area contributed by atoms with Crippen LogP contribution < -0.4 is 24.3 Å². The molecule has 8 heteroatoms. The molecule has 0 saturated heterocycles. The zero-order valence-electron chi connectivity index (χ0n) is 16.0. The number of hydrogen-bond donors (Lipinski definition) is 1. The van der Waals surface area contributed by atoms with Crippen LogP contribution >= 0.6 is 39.1 Å². The van der Waals surface area contributed by atoms with Crippen LogP contribution in [0.15, 0.2) is 53.0 Å². The van der Waals surface area contributed by atoms with E-state index in [1.54, 1.807) is 19.2 Å². The number of methoxy groups -OCH3 is 1. The standard InChI is InChI=1S/C22H18BrCl2NO4/c1-27-20-7-5-17(23)16(10-26-15-4-6-19-21(9-15)30-12-29-19)22(20)28-11-13-2-3-14(24)8-18(13)25/h2-9,26H,10-12H2,1H3. The van der Waals surface area contributed by atoms with Crippen molar-refractivity contribution in [3.8, 4) is 23.0 Å². The molecule has 1 aliphatic rings. The van der Waals surface area contributed by atoms with Gasteiger partial charge < -0.3 is 24.3 Å². The predicted molar refractivity (Wildman–Crippen MR) is 121 cm³/mol. The molecule has 0 bridgehead atoms. The molecule has 30 heavy (non-hydrogen) atoms. The summed E-state index contributed by atoms with van der Waals surface area (Å²) >= 11 is 15.9. The largest absolute Gasteiger partial charge is 0.493 e. The maximum Gasteiger partial charge on any atom is 0.231 e. The van der Waals surface area contributed by atoms with E-state index in [2.05, 4.69) is 21.2 Å². The Bertz CT molecular complexity index is 1080. The van der Waals surface area contributed by atoms with E-state index in [-0.39, 0.29) is 13.4 Å². The highest BCUT2D eigenvalue weighted by Gasteiger charge is 2.17. The number of ether oxygens (including phenoxy) is 4. The van der Waals surface area contributed by atoms with Gasteiger partial charge >= 0.3 is 0 Å². The summed E-state index contributed by atoms with van der Waals surface area (Å²) in [5.41, 5.74) is 2.65. The van der Waals surface area contributed by atoms with Crippen LogP contribution in [0, 0.1) is 0 Å². The first-order valence-corrected chi connectivity index (χ1v) is 10.7. The molecule has 156 valence electrons. The molecule has 0 aromatic heterocycles. The van der Waals surface area contributed by atoms with Gasteiger partial charge in [0.25, 0.3) is 0 Å². The highest BCUT2D eigenvalue weighted by atomic mass is 79.9. The molecule has 0 radical (unpaired) electrons. The predicted octanol–water partition coefficient (Wildman–Crippen LogP) is 6.68. The van der Waals surface area contributed by atoms with Crippen molar-refractivity contribution >= 4 is 44.8 Å². The summed E-state index contributed by atoms with van der Waals surface area (Å²) in [7, 11) is 1.61. The summed E-state index contributed by atoms with van der Waals surface area (Å²) in [5.74, 6) is 2.72. The summed E-state index contributed by atoms with van der Waals surface area (Å²) in [5, 5.41) is 4.53. The van der Waals surface area contributed by atoms with Crippen LogP contribution in [-0.4, -0.2) is 13.9 Å². The molecule has 1 N–H and O–H groups in total. The maximum atomic E-state index is 6.29. The second kappa shape index (κ2) is 9.25. The number of nitrogens with one attached hydrogen (secondary N) is 1. The number of fused-ring (bicyclic) bond motifs is 1. The minimum atomic E-state index is 0.242. The first kappa shape index (κ1) is 21.0. The van der Waals surface area contributed by atoms with Crippen molar-refractivity contribution in [2.75, 3.05) is 19.2 Å². The second-order valence-corrected chi connectivity index (χ2v) is 8.20. The highest BCUT2D eigenvalue weighted by molar-refractivity contribution is 9.10. The van der Waals surface area contributed by atoms with E-state index in [9.17, 15) is 0 Å². The lowest BCUT2D eigenvalue weighted by atomic mass is 10.1. The minimum absolute atomic E-state index is 0.242. The van der Waals surface area contributed by atoms with Gasteiger partial charge in [0.2, 0.25) is 6.79 Å². The van der Waals surface area contributed by atoms with Crippen LogP contribution in [0.1, 0.15) is 11.1 Å².